The SMILES string of the molecule is Cc1cccc(C(=O)N(C)Cc2ccncc2)c1N. The maximum absolute atomic E-state index is 12.4. The molecule has 0 atom stereocenters. The summed E-state index contributed by atoms with van der Waals surface area (Å²) in [5.41, 5.74) is 9.02. The first-order chi connectivity index (χ1) is 9.09. The maximum Gasteiger partial charge on any atom is 0.255 e. The Morgan fingerprint density at radius 1 is 1.26 bits per heavy atom. The van der Waals surface area contributed by atoms with E-state index in [-0.39, 0.29) is 5.91 Å². The van der Waals surface area contributed by atoms with Gasteiger partial charge in [-0.3, -0.25) is 9.78 Å². The Kier molecular flexibility index (Phi) is 3.80. The van der Waals surface area contributed by atoms with Gasteiger partial charge < -0.3 is 10.6 Å². The first-order valence-corrected chi connectivity index (χ1v) is 6.09. The fourth-order valence-electron chi connectivity index (χ4n) is 1.91. The number of nitrogens with zero attached hydrogens (tertiary/aromatic N) is 2. The molecule has 98 valence electrons. The van der Waals surface area contributed by atoms with E-state index in [4.69, 9.17) is 5.73 Å². The van der Waals surface area contributed by atoms with E-state index in [2.05, 4.69) is 4.98 Å². The number of hydrogen-bond acceptors (Lipinski definition) is 3. The molecule has 1 heterocycles. The van der Waals surface area contributed by atoms with Crippen LogP contribution in [0.4, 0.5) is 5.69 Å². The van der Waals surface area contributed by atoms with E-state index in [9.17, 15) is 4.79 Å². The lowest BCUT2D eigenvalue weighted by Crippen LogP contribution is -2.27. The molecule has 0 aliphatic carbocycles. The molecule has 0 fully saturated rings. The van der Waals surface area contributed by atoms with Crippen molar-refractivity contribution in [3.05, 3.63) is 59.4 Å². The number of para-hydroxylation sites is 1. The van der Waals surface area contributed by atoms with Crippen LogP contribution in [0.3, 0.4) is 0 Å². The third-order valence-electron chi connectivity index (χ3n) is 3.07. The van der Waals surface area contributed by atoms with Crippen LogP contribution in [0.5, 0.6) is 0 Å². The highest BCUT2D eigenvalue weighted by molar-refractivity contribution is 5.99. The summed E-state index contributed by atoms with van der Waals surface area (Å²) < 4.78 is 0. The molecular formula is C15H17N3O. The number of nitrogens with two attached hydrogens (primary N) is 1. The van der Waals surface area contributed by atoms with Crippen LogP contribution in [0.2, 0.25) is 0 Å². The first kappa shape index (κ1) is 13.1. The van der Waals surface area contributed by atoms with Gasteiger partial charge in [-0.2, -0.15) is 0 Å². The minimum Gasteiger partial charge on any atom is -0.398 e. The molecule has 0 bridgehead atoms. The van der Waals surface area contributed by atoms with E-state index >= 15 is 0 Å². The minimum atomic E-state index is -0.0713. The molecule has 0 radical (unpaired) electrons. The normalized spacial score (nSPS) is 10.2. The molecule has 2 N–H and O–H groups in total. The van der Waals surface area contributed by atoms with Crippen LogP contribution in [0.15, 0.2) is 42.7 Å². The van der Waals surface area contributed by atoms with Crippen molar-refractivity contribution in [2.24, 2.45) is 0 Å². The summed E-state index contributed by atoms with van der Waals surface area (Å²) in [5.74, 6) is -0.0713. The molecule has 2 aromatic rings. The number of hydrogen-bond donors (Lipinski definition) is 1. The number of anilines is 1. The van der Waals surface area contributed by atoms with Crippen LogP contribution in [-0.4, -0.2) is 22.8 Å². The lowest BCUT2D eigenvalue weighted by molar-refractivity contribution is 0.0786. The van der Waals surface area contributed by atoms with Crippen LogP contribution in [0.25, 0.3) is 0 Å². The molecule has 0 spiro atoms. The Balaban J connectivity index is 2.18. The van der Waals surface area contributed by atoms with E-state index in [1.165, 1.54) is 0 Å². The van der Waals surface area contributed by atoms with E-state index in [1.807, 2.05) is 31.2 Å². The monoisotopic (exact) mass is 255 g/mol. The van der Waals surface area contributed by atoms with Crippen molar-refractivity contribution in [1.82, 2.24) is 9.88 Å². The second-order valence-electron chi connectivity index (χ2n) is 4.55. The van der Waals surface area contributed by atoms with Crippen molar-refractivity contribution in [3.8, 4) is 0 Å². The molecule has 2 rings (SSSR count). The van der Waals surface area contributed by atoms with Gasteiger partial charge >= 0.3 is 0 Å². The molecule has 0 aliphatic rings. The molecular weight excluding hydrogens is 238 g/mol. The van der Waals surface area contributed by atoms with Crippen molar-refractivity contribution in [2.75, 3.05) is 12.8 Å². The van der Waals surface area contributed by atoms with E-state index in [1.54, 1.807) is 30.4 Å². The number of benzene rings is 1. The highest BCUT2D eigenvalue weighted by Gasteiger charge is 2.15. The van der Waals surface area contributed by atoms with Gasteiger partial charge in [0, 0.05) is 31.7 Å². The molecule has 1 aromatic heterocycles. The fraction of sp³-hybridized carbons (Fsp3) is 0.200. The van der Waals surface area contributed by atoms with Crippen molar-refractivity contribution in [2.45, 2.75) is 13.5 Å². The zero-order chi connectivity index (χ0) is 13.8. The average Bonchev–Trinajstić information content (AvgIpc) is 2.42. The predicted molar refractivity (Wildman–Crippen MR) is 75.6 cm³/mol. The third kappa shape index (κ3) is 2.91. The fourth-order valence-corrected chi connectivity index (χ4v) is 1.91. The second-order valence-corrected chi connectivity index (χ2v) is 4.55. The predicted octanol–water partition coefficient (Wildman–Crippen LogP) is 2.24. The Hall–Kier alpha value is -2.36. The van der Waals surface area contributed by atoms with Gasteiger partial charge in [0.25, 0.3) is 5.91 Å². The molecule has 0 aliphatic heterocycles. The molecule has 4 heteroatoms. The van der Waals surface area contributed by atoms with Crippen LogP contribution < -0.4 is 5.73 Å². The highest BCUT2D eigenvalue weighted by atomic mass is 16.2. The summed E-state index contributed by atoms with van der Waals surface area (Å²) in [4.78, 5) is 18.0. The van der Waals surface area contributed by atoms with Crippen molar-refractivity contribution in [3.63, 3.8) is 0 Å². The molecule has 0 saturated heterocycles. The average molecular weight is 255 g/mol. The Morgan fingerprint density at radius 2 is 1.95 bits per heavy atom. The Labute approximate surface area is 112 Å². The number of amides is 1. The van der Waals surface area contributed by atoms with Gasteiger partial charge in [-0.05, 0) is 36.2 Å². The smallest absolute Gasteiger partial charge is 0.255 e. The van der Waals surface area contributed by atoms with Crippen LogP contribution in [0.1, 0.15) is 21.5 Å². The van der Waals surface area contributed by atoms with E-state index in [0.717, 1.165) is 11.1 Å². The number of aryl methyl sites for hydroxylation is 1. The molecule has 4 nitrogen and oxygen atoms in total. The molecule has 0 unspecified atom stereocenters. The van der Waals surface area contributed by atoms with Gasteiger partial charge in [-0.15, -0.1) is 0 Å². The standard InChI is InChI=1S/C15H17N3O/c1-11-4-3-5-13(14(11)16)15(19)18(2)10-12-6-8-17-9-7-12/h3-9H,10,16H2,1-2H3. The van der Waals surface area contributed by atoms with E-state index < -0.39 is 0 Å². The zero-order valence-electron chi connectivity index (χ0n) is 11.1. The lowest BCUT2D eigenvalue weighted by Gasteiger charge is -2.18. The number of carbonyl (C=O) groups is 1. The van der Waals surface area contributed by atoms with Gasteiger partial charge in [0.05, 0.1) is 5.56 Å². The summed E-state index contributed by atoms with van der Waals surface area (Å²) in [6.45, 7) is 2.43. The van der Waals surface area contributed by atoms with Crippen LogP contribution >= 0.6 is 0 Å². The van der Waals surface area contributed by atoms with Crippen LogP contribution in [0, 0.1) is 6.92 Å². The van der Waals surface area contributed by atoms with E-state index in [0.29, 0.717) is 17.8 Å². The summed E-state index contributed by atoms with van der Waals surface area (Å²) in [7, 11) is 1.77. The number of nitrogen functional groups attached to an aromatic ring is 1. The highest BCUT2D eigenvalue weighted by Crippen LogP contribution is 2.18. The van der Waals surface area contributed by atoms with Crippen molar-refractivity contribution < 1.29 is 4.79 Å². The molecule has 19 heavy (non-hydrogen) atoms. The maximum atomic E-state index is 12.4. The zero-order valence-corrected chi connectivity index (χ0v) is 11.1. The summed E-state index contributed by atoms with van der Waals surface area (Å²) in [6.07, 6.45) is 3.43. The van der Waals surface area contributed by atoms with Gasteiger partial charge in [0.15, 0.2) is 0 Å². The molecule has 0 saturated carbocycles. The van der Waals surface area contributed by atoms with Gasteiger partial charge in [0.2, 0.25) is 0 Å². The first-order valence-electron chi connectivity index (χ1n) is 6.09. The summed E-state index contributed by atoms with van der Waals surface area (Å²) in [6, 6.07) is 9.29. The summed E-state index contributed by atoms with van der Waals surface area (Å²) in [5, 5.41) is 0. The molecule has 1 amide bonds. The number of aromatic nitrogens is 1. The molecule has 1 aromatic carbocycles. The minimum absolute atomic E-state index is 0.0713. The van der Waals surface area contributed by atoms with Crippen molar-refractivity contribution in [1.29, 1.82) is 0 Å². The number of carbonyl (C=O) groups excluding carboxylic acids is 1. The quantitative estimate of drug-likeness (QED) is 0.856. The topological polar surface area (TPSA) is 59.2 Å². The lowest BCUT2D eigenvalue weighted by atomic mass is 10.1. The third-order valence-corrected chi connectivity index (χ3v) is 3.07. The van der Waals surface area contributed by atoms with Gasteiger partial charge in [0.1, 0.15) is 0 Å². The van der Waals surface area contributed by atoms with Crippen LogP contribution in [-0.2, 0) is 6.54 Å². The number of pyridine rings is 1. The second kappa shape index (κ2) is 5.52. The Morgan fingerprint density at radius 3 is 2.63 bits per heavy atom. The van der Waals surface area contributed by atoms with Crippen molar-refractivity contribution >= 4 is 11.6 Å². The van der Waals surface area contributed by atoms with Gasteiger partial charge in [-0.25, -0.2) is 0 Å². The van der Waals surface area contributed by atoms with Gasteiger partial charge in [-0.1, -0.05) is 12.1 Å². The summed E-state index contributed by atoms with van der Waals surface area (Å²) >= 11 is 0. The number of rotatable bonds is 3. The Bertz CT molecular complexity index is 581. The largest absolute Gasteiger partial charge is 0.398 e.